The summed E-state index contributed by atoms with van der Waals surface area (Å²) in [5, 5.41) is 9.63. The van der Waals surface area contributed by atoms with Crippen LogP contribution in [0.15, 0.2) is 0 Å². The normalized spacial score (nSPS) is 39.1. The molecular weight excluding hydrogens is 216 g/mol. The molecule has 2 fully saturated rings. The van der Waals surface area contributed by atoms with Crippen molar-refractivity contribution in [2.45, 2.75) is 51.2 Å². The zero-order valence-corrected chi connectivity index (χ0v) is 10.6. The molecule has 0 aromatic heterocycles. The van der Waals surface area contributed by atoms with Gasteiger partial charge in [0.15, 0.2) is 0 Å². The largest absolute Gasteiger partial charge is 0.391 e. The average molecular weight is 240 g/mol. The zero-order valence-electron chi connectivity index (χ0n) is 10.6. The molecule has 1 aliphatic heterocycles. The van der Waals surface area contributed by atoms with Gasteiger partial charge in [-0.1, -0.05) is 13.3 Å². The topological polar surface area (TPSA) is 66.6 Å². The number of β-amino-alcohol motifs (C(OH)–C–C–N with tert-alkyl or cyclic N) is 1. The Labute approximate surface area is 103 Å². The van der Waals surface area contributed by atoms with Crippen molar-refractivity contribution in [3.05, 3.63) is 0 Å². The monoisotopic (exact) mass is 240 g/mol. The average Bonchev–Trinajstić information content (AvgIpc) is 2.28. The highest BCUT2D eigenvalue weighted by atomic mass is 16.3. The molecule has 1 amide bonds. The number of aliphatic hydroxyl groups excluding tert-OH is 1. The molecule has 1 saturated heterocycles. The van der Waals surface area contributed by atoms with Gasteiger partial charge in [-0.3, -0.25) is 4.79 Å². The minimum absolute atomic E-state index is 0.00493. The molecule has 4 nitrogen and oxygen atoms in total. The summed E-state index contributed by atoms with van der Waals surface area (Å²) in [5.74, 6) is 0.516. The van der Waals surface area contributed by atoms with E-state index in [0.717, 1.165) is 38.6 Å². The van der Waals surface area contributed by atoms with Crippen molar-refractivity contribution in [2.24, 2.45) is 17.6 Å². The maximum Gasteiger partial charge on any atom is 0.227 e. The molecule has 2 aliphatic rings. The molecule has 0 spiro atoms. The van der Waals surface area contributed by atoms with Gasteiger partial charge in [0.2, 0.25) is 5.91 Å². The van der Waals surface area contributed by atoms with Gasteiger partial charge in [-0.2, -0.15) is 0 Å². The van der Waals surface area contributed by atoms with Gasteiger partial charge in [0.1, 0.15) is 0 Å². The van der Waals surface area contributed by atoms with Crippen LogP contribution >= 0.6 is 0 Å². The number of nitrogens with zero attached hydrogens (tertiary/aromatic N) is 1. The molecule has 0 radical (unpaired) electrons. The summed E-state index contributed by atoms with van der Waals surface area (Å²) in [6, 6.07) is 0.00493. The van der Waals surface area contributed by atoms with Gasteiger partial charge >= 0.3 is 0 Å². The number of nitrogens with two attached hydrogens (primary N) is 1. The predicted octanol–water partition coefficient (Wildman–Crippen LogP) is 0.733. The maximum absolute atomic E-state index is 12.5. The van der Waals surface area contributed by atoms with E-state index in [9.17, 15) is 9.90 Å². The van der Waals surface area contributed by atoms with E-state index in [1.807, 2.05) is 4.90 Å². The van der Waals surface area contributed by atoms with E-state index in [0.29, 0.717) is 12.5 Å². The fraction of sp³-hybridized carbons (Fsp3) is 0.923. The minimum atomic E-state index is -0.345. The summed E-state index contributed by atoms with van der Waals surface area (Å²) in [5.41, 5.74) is 6.10. The molecule has 2 rings (SSSR count). The van der Waals surface area contributed by atoms with Gasteiger partial charge in [0.25, 0.3) is 0 Å². The number of hydrogen-bond acceptors (Lipinski definition) is 3. The number of aliphatic hydroxyl groups is 1. The number of carbonyl (C=O) groups excluding carboxylic acids is 1. The third-order valence-electron chi connectivity index (χ3n) is 4.26. The van der Waals surface area contributed by atoms with Crippen molar-refractivity contribution in [3.8, 4) is 0 Å². The number of hydrogen-bond donors (Lipinski definition) is 2. The Morgan fingerprint density at radius 3 is 2.71 bits per heavy atom. The number of piperidine rings is 1. The Hall–Kier alpha value is -0.610. The van der Waals surface area contributed by atoms with Crippen LogP contribution in [0.4, 0.5) is 0 Å². The second kappa shape index (κ2) is 5.36. The van der Waals surface area contributed by atoms with Gasteiger partial charge in [-0.25, -0.2) is 0 Å². The lowest BCUT2D eigenvalue weighted by Crippen LogP contribution is -2.52. The van der Waals surface area contributed by atoms with Gasteiger partial charge in [0.05, 0.1) is 12.0 Å². The third-order valence-corrected chi connectivity index (χ3v) is 4.26. The summed E-state index contributed by atoms with van der Waals surface area (Å²) in [6.07, 6.45) is 4.56. The Bertz CT molecular complexity index is 273. The number of rotatable bonds is 1. The molecule has 17 heavy (non-hydrogen) atoms. The summed E-state index contributed by atoms with van der Waals surface area (Å²) in [6.45, 7) is 3.41. The number of amides is 1. The van der Waals surface area contributed by atoms with Crippen molar-refractivity contribution < 1.29 is 9.90 Å². The lowest BCUT2D eigenvalue weighted by molar-refractivity contribution is -0.142. The van der Waals surface area contributed by atoms with E-state index < -0.39 is 0 Å². The van der Waals surface area contributed by atoms with E-state index in [2.05, 4.69) is 6.92 Å². The van der Waals surface area contributed by atoms with Crippen LogP contribution in [0.5, 0.6) is 0 Å². The van der Waals surface area contributed by atoms with Crippen LogP contribution < -0.4 is 5.73 Å². The predicted molar refractivity (Wildman–Crippen MR) is 66.3 cm³/mol. The van der Waals surface area contributed by atoms with Crippen LogP contribution in [0, 0.1) is 11.8 Å². The van der Waals surface area contributed by atoms with Crippen LogP contribution in [0.3, 0.4) is 0 Å². The summed E-state index contributed by atoms with van der Waals surface area (Å²) < 4.78 is 0. The fourth-order valence-corrected chi connectivity index (χ4v) is 3.25. The lowest BCUT2D eigenvalue weighted by Gasteiger charge is -2.39. The van der Waals surface area contributed by atoms with Crippen LogP contribution in [-0.4, -0.2) is 41.1 Å². The highest BCUT2D eigenvalue weighted by molar-refractivity contribution is 5.80. The van der Waals surface area contributed by atoms with Crippen molar-refractivity contribution in [3.63, 3.8) is 0 Å². The van der Waals surface area contributed by atoms with E-state index in [4.69, 9.17) is 5.73 Å². The molecule has 1 saturated carbocycles. The fourth-order valence-electron chi connectivity index (χ4n) is 3.25. The van der Waals surface area contributed by atoms with E-state index in [1.165, 1.54) is 0 Å². The zero-order chi connectivity index (χ0) is 12.4. The summed E-state index contributed by atoms with van der Waals surface area (Å²) >= 11 is 0. The first-order chi connectivity index (χ1) is 8.09. The van der Waals surface area contributed by atoms with Gasteiger partial charge in [-0.15, -0.1) is 0 Å². The molecule has 4 unspecified atom stereocenters. The molecule has 1 heterocycles. The van der Waals surface area contributed by atoms with Crippen molar-refractivity contribution in [1.82, 2.24) is 4.90 Å². The van der Waals surface area contributed by atoms with Crippen molar-refractivity contribution in [2.75, 3.05) is 13.1 Å². The third kappa shape index (κ3) is 2.80. The van der Waals surface area contributed by atoms with E-state index in [-0.39, 0.29) is 24.0 Å². The van der Waals surface area contributed by atoms with Crippen LogP contribution in [0.1, 0.15) is 39.0 Å². The number of carbonyl (C=O) groups is 1. The minimum Gasteiger partial charge on any atom is -0.391 e. The molecule has 3 N–H and O–H groups in total. The van der Waals surface area contributed by atoms with Crippen molar-refractivity contribution >= 4 is 5.91 Å². The quantitative estimate of drug-likeness (QED) is 0.710. The van der Waals surface area contributed by atoms with Gasteiger partial charge in [0, 0.05) is 19.1 Å². The molecule has 98 valence electrons. The summed E-state index contributed by atoms with van der Waals surface area (Å²) in [4.78, 5) is 14.3. The molecule has 0 aromatic carbocycles. The highest BCUT2D eigenvalue weighted by Gasteiger charge is 2.37. The first kappa shape index (κ1) is 12.8. The molecule has 0 bridgehead atoms. The first-order valence-corrected chi connectivity index (χ1v) is 6.82. The second-order valence-electron chi connectivity index (χ2n) is 5.68. The molecule has 0 aromatic rings. The van der Waals surface area contributed by atoms with E-state index in [1.54, 1.807) is 0 Å². The number of likely N-dealkylation sites (tertiary alicyclic amines) is 1. The molecular formula is C13H24N2O2. The Kier molecular flexibility index (Phi) is 4.05. The molecule has 1 aliphatic carbocycles. The SMILES string of the molecule is CC1CCCC(N)C1C(=O)N1CCCC(O)C1. The van der Waals surface area contributed by atoms with E-state index >= 15 is 0 Å². The smallest absolute Gasteiger partial charge is 0.227 e. The maximum atomic E-state index is 12.5. The van der Waals surface area contributed by atoms with Gasteiger partial charge < -0.3 is 15.7 Å². The molecule has 4 heteroatoms. The van der Waals surface area contributed by atoms with Crippen LogP contribution in [0.2, 0.25) is 0 Å². The first-order valence-electron chi connectivity index (χ1n) is 6.82. The highest BCUT2D eigenvalue weighted by Crippen LogP contribution is 2.31. The second-order valence-corrected chi connectivity index (χ2v) is 5.68. The van der Waals surface area contributed by atoms with Gasteiger partial charge in [-0.05, 0) is 31.6 Å². The standard InChI is InChI=1S/C13H24N2O2/c1-9-4-2-6-11(14)12(9)13(17)15-7-3-5-10(16)8-15/h9-12,16H,2-8,14H2,1H3. The molecule has 4 atom stereocenters. The lowest BCUT2D eigenvalue weighted by atomic mass is 9.76. The van der Waals surface area contributed by atoms with Crippen molar-refractivity contribution in [1.29, 1.82) is 0 Å². The Morgan fingerprint density at radius 1 is 1.29 bits per heavy atom. The van der Waals surface area contributed by atoms with Crippen LogP contribution in [0.25, 0.3) is 0 Å². The van der Waals surface area contributed by atoms with Crippen LogP contribution in [-0.2, 0) is 4.79 Å². The summed E-state index contributed by atoms with van der Waals surface area (Å²) in [7, 11) is 0. The Balaban J connectivity index is 2.02. The Morgan fingerprint density at radius 2 is 2.06 bits per heavy atom.